The van der Waals surface area contributed by atoms with E-state index in [2.05, 4.69) is 20.8 Å². The monoisotopic (exact) mass is 454 g/mol. The number of rotatable bonds is 6. The van der Waals surface area contributed by atoms with Gasteiger partial charge in [-0.25, -0.2) is 8.42 Å². The lowest BCUT2D eigenvalue weighted by Crippen LogP contribution is -2.48. The molecule has 2 aromatic rings. The molecular weight excluding hydrogens is 432 g/mol. The average molecular weight is 455 g/mol. The number of methoxy groups -OCH3 is 2. The number of piperazine rings is 1. The Labute approximate surface area is 168 Å². The second kappa shape index (κ2) is 8.60. The van der Waals surface area contributed by atoms with Gasteiger partial charge in [-0.05, 0) is 35.9 Å². The van der Waals surface area contributed by atoms with Gasteiger partial charge in [0.05, 0.1) is 19.1 Å². The molecule has 1 aliphatic heterocycles. The zero-order valence-corrected chi connectivity index (χ0v) is 17.8. The van der Waals surface area contributed by atoms with Gasteiger partial charge in [0.1, 0.15) is 0 Å². The Bertz CT molecular complexity index is 896. The lowest BCUT2D eigenvalue weighted by Gasteiger charge is -2.34. The lowest BCUT2D eigenvalue weighted by molar-refractivity contribution is 0.181. The fraction of sp³-hybridized carbons (Fsp3) is 0.368. The van der Waals surface area contributed by atoms with Crippen LogP contribution in [0.1, 0.15) is 5.56 Å². The predicted octanol–water partition coefficient (Wildman–Crippen LogP) is 2.97. The van der Waals surface area contributed by atoms with E-state index in [1.165, 1.54) is 0 Å². The van der Waals surface area contributed by atoms with Crippen LogP contribution in [0.3, 0.4) is 0 Å². The molecule has 27 heavy (non-hydrogen) atoms. The van der Waals surface area contributed by atoms with E-state index < -0.39 is 10.0 Å². The fourth-order valence-corrected chi connectivity index (χ4v) is 5.16. The molecule has 6 nitrogen and oxygen atoms in total. The molecule has 0 atom stereocenters. The van der Waals surface area contributed by atoms with Crippen molar-refractivity contribution < 1.29 is 17.9 Å². The molecule has 1 aliphatic rings. The fourth-order valence-electron chi connectivity index (χ4n) is 3.14. The SMILES string of the molecule is COc1ccc(CN2CCN(S(=O)(=O)c3cccc(Br)c3)CC2)cc1OC. The summed E-state index contributed by atoms with van der Waals surface area (Å²) < 4.78 is 38.6. The molecule has 0 N–H and O–H groups in total. The van der Waals surface area contributed by atoms with Crippen LogP contribution in [0.25, 0.3) is 0 Å². The minimum Gasteiger partial charge on any atom is -0.493 e. The van der Waals surface area contributed by atoms with Gasteiger partial charge in [0, 0.05) is 37.2 Å². The average Bonchev–Trinajstić information content (AvgIpc) is 2.68. The first-order valence-electron chi connectivity index (χ1n) is 8.63. The van der Waals surface area contributed by atoms with E-state index in [0.717, 1.165) is 16.6 Å². The highest BCUT2D eigenvalue weighted by Gasteiger charge is 2.28. The van der Waals surface area contributed by atoms with E-state index in [0.29, 0.717) is 42.6 Å². The highest BCUT2D eigenvalue weighted by Crippen LogP contribution is 2.28. The van der Waals surface area contributed by atoms with E-state index in [4.69, 9.17) is 9.47 Å². The van der Waals surface area contributed by atoms with Crippen molar-refractivity contribution in [2.75, 3.05) is 40.4 Å². The Morgan fingerprint density at radius 1 is 0.963 bits per heavy atom. The van der Waals surface area contributed by atoms with Crippen LogP contribution in [-0.2, 0) is 16.6 Å². The molecule has 0 aromatic heterocycles. The van der Waals surface area contributed by atoms with Crippen LogP contribution in [0.15, 0.2) is 51.8 Å². The summed E-state index contributed by atoms with van der Waals surface area (Å²) in [6.45, 7) is 3.05. The maximum absolute atomic E-state index is 12.8. The third kappa shape index (κ3) is 4.63. The topological polar surface area (TPSA) is 59.1 Å². The van der Waals surface area contributed by atoms with E-state index in [1.54, 1.807) is 36.7 Å². The van der Waals surface area contributed by atoms with Crippen molar-refractivity contribution in [3.63, 3.8) is 0 Å². The van der Waals surface area contributed by atoms with E-state index in [-0.39, 0.29) is 0 Å². The van der Waals surface area contributed by atoms with Crippen molar-refractivity contribution in [2.24, 2.45) is 0 Å². The summed E-state index contributed by atoms with van der Waals surface area (Å²) in [6.07, 6.45) is 0. The minimum atomic E-state index is -3.46. The van der Waals surface area contributed by atoms with Gasteiger partial charge in [-0.15, -0.1) is 0 Å². The Balaban J connectivity index is 1.64. The van der Waals surface area contributed by atoms with Crippen molar-refractivity contribution in [1.29, 1.82) is 0 Å². The normalized spacial score (nSPS) is 16.3. The van der Waals surface area contributed by atoms with Gasteiger partial charge >= 0.3 is 0 Å². The smallest absolute Gasteiger partial charge is 0.243 e. The van der Waals surface area contributed by atoms with Gasteiger partial charge in [-0.2, -0.15) is 4.31 Å². The third-order valence-electron chi connectivity index (χ3n) is 4.62. The van der Waals surface area contributed by atoms with Gasteiger partial charge in [0.15, 0.2) is 11.5 Å². The Morgan fingerprint density at radius 3 is 2.30 bits per heavy atom. The number of sulfonamides is 1. The van der Waals surface area contributed by atoms with Gasteiger partial charge in [0.25, 0.3) is 0 Å². The molecular formula is C19H23BrN2O4S. The van der Waals surface area contributed by atoms with Crippen molar-refractivity contribution >= 4 is 26.0 Å². The zero-order valence-electron chi connectivity index (χ0n) is 15.4. The summed E-state index contributed by atoms with van der Waals surface area (Å²) >= 11 is 3.34. The van der Waals surface area contributed by atoms with Crippen molar-refractivity contribution in [3.8, 4) is 11.5 Å². The quantitative estimate of drug-likeness (QED) is 0.671. The summed E-state index contributed by atoms with van der Waals surface area (Å²) in [4.78, 5) is 2.57. The number of nitrogens with zero attached hydrogens (tertiary/aromatic N) is 2. The van der Waals surface area contributed by atoms with E-state index >= 15 is 0 Å². The second-order valence-electron chi connectivity index (χ2n) is 6.33. The zero-order chi connectivity index (χ0) is 19.4. The van der Waals surface area contributed by atoms with Crippen LogP contribution in [0.4, 0.5) is 0 Å². The predicted molar refractivity (Wildman–Crippen MR) is 108 cm³/mol. The molecule has 0 saturated carbocycles. The Kier molecular flexibility index (Phi) is 6.41. The molecule has 3 rings (SSSR count). The van der Waals surface area contributed by atoms with Gasteiger partial charge in [-0.3, -0.25) is 4.90 Å². The van der Waals surface area contributed by atoms with Crippen LogP contribution < -0.4 is 9.47 Å². The number of hydrogen-bond acceptors (Lipinski definition) is 5. The van der Waals surface area contributed by atoms with E-state index in [1.807, 2.05) is 24.3 Å². The van der Waals surface area contributed by atoms with Crippen LogP contribution in [-0.4, -0.2) is 58.0 Å². The highest BCUT2D eigenvalue weighted by atomic mass is 79.9. The molecule has 2 aromatic carbocycles. The summed E-state index contributed by atoms with van der Waals surface area (Å²) in [6, 6.07) is 12.7. The van der Waals surface area contributed by atoms with Crippen LogP contribution in [0.2, 0.25) is 0 Å². The van der Waals surface area contributed by atoms with Crippen LogP contribution in [0.5, 0.6) is 11.5 Å². The van der Waals surface area contributed by atoms with Gasteiger partial charge < -0.3 is 9.47 Å². The van der Waals surface area contributed by atoms with Crippen LogP contribution in [0, 0.1) is 0 Å². The van der Waals surface area contributed by atoms with Gasteiger partial charge in [-0.1, -0.05) is 28.1 Å². The summed E-state index contributed by atoms with van der Waals surface area (Å²) in [5, 5.41) is 0. The number of benzene rings is 2. The standard InChI is InChI=1S/C19H23BrN2O4S/c1-25-18-7-6-15(12-19(18)26-2)14-21-8-10-22(11-9-21)27(23,24)17-5-3-4-16(20)13-17/h3-7,12-13H,8-11,14H2,1-2H3. The first kappa shape index (κ1) is 20.1. The maximum Gasteiger partial charge on any atom is 0.243 e. The van der Waals surface area contributed by atoms with E-state index in [9.17, 15) is 8.42 Å². The molecule has 1 fully saturated rings. The highest BCUT2D eigenvalue weighted by molar-refractivity contribution is 9.10. The van der Waals surface area contributed by atoms with Crippen molar-refractivity contribution in [2.45, 2.75) is 11.4 Å². The molecule has 0 spiro atoms. The Morgan fingerprint density at radius 2 is 1.67 bits per heavy atom. The number of hydrogen-bond donors (Lipinski definition) is 0. The molecule has 1 heterocycles. The molecule has 0 radical (unpaired) electrons. The maximum atomic E-state index is 12.8. The van der Waals surface area contributed by atoms with Crippen molar-refractivity contribution in [1.82, 2.24) is 9.21 Å². The first-order valence-corrected chi connectivity index (χ1v) is 10.9. The molecule has 0 unspecified atom stereocenters. The molecule has 8 heteroatoms. The summed E-state index contributed by atoms with van der Waals surface area (Å²) in [7, 11) is -0.229. The number of halogens is 1. The van der Waals surface area contributed by atoms with Crippen molar-refractivity contribution in [3.05, 3.63) is 52.5 Å². The molecule has 0 aliphatic carbocycles. The second-order valence-corrected chi connectivity index (χ2v) is 9.18. The first-order chi connectivity index (χ1) is 12.9. The molecule has 1 saturated heterocycles. The third-order valence-corrected chi connectivity index (χ3v) is 7.01. The summed E-state index contributed by atoms with van der Waals surface area (Å²) in [5.74, 6) is 1.40. The summed E-state index contributed by atoms with van der Waals surface area (Å²) in [5.41, 5.74) is 1.11. The lowest BCUT2D eigenvalue weighted by atomic mass is 10.1. The molecule has 0 amide bonds. The van der Waals surface area contributed by atoms with Gasteiger partial charge in [0.2, 0.25) is 10.0 Å². The number of ether oxygens (including phenoxy) is 2. The van der Waals surface area contributed by atoms with Crippen LogP contribution >= 0.6 is 15.9 Å². The minimum absolute atomic E-state index is 0.324. The molecule has 146 valence electrons. The largest absolute Gasteiger partial charge is 0.493 e. The Hall–Kier alpha value is -1.61. The molecule has 0 bridgehead atoms.